The molecule has 1 aromatic heterocycles. The molecule has 0 radical (unpaired) electrons. The Hall–Kier alpha value is 0.01000. The first-order valence-electron chi connectivity index (χ1n) is 5.67. The monoisotopic (exact) mass is 371 g/mol. The van der Waals surface area contributed by atoms with Gasteiger partial charge in [-0.15, -0.1) is 11.3 Å². The van der Waals surface area contributed by atoms with Gasteiger partial charge < -0.3 is 9.47 Å². The van der Waals surface area contributed by atoms with Gasteiger partial charge in [0.2, 0.25) is 10.0 Å². The number of ether oxygens (including phenoxy) is 2. The van der Waals surface area contributed by atoms with Crippen LogP contribution < -0.4 is 0 Å². The molecule has 1 heterocycles. The van der Waals surface area contributed by atoms with Crippen LogP contribution in [0.3, 0.4) is 0 Å². The van der Waals surface area contributed by atoms with Crippen LogP contribution in [0.1, 0.15) is 4.88 Å². The molecule has 1 aromatic rings. The molecule has 0 aliphatic heterocycles. The van der Waals surface area contributed by atoms with Gasteiger partial charge in [0.25, 0.3) is 0 Å². The molecular formula is C11H18BrNO4S2. The average molecular weight is 372 g/mol. The molecule has 1 rings (SSSR count). The van der Waals surface area contributed by atoms with Crippen LogP contribution in [0.25, 0.3) is 0 Å². The first kappa shape index (κ1) is 17.1. The van der Waals surface area contributed by atoms with Gasteiger partial charge in [-0.1, -0.05) is 0 Å². The summed E-state index contributed by atoms with van der Waals surface area (Å²) in [4.78, 5) is 1.11. The molecule has 0 spiro atoms. The third-order valence-electron chi connectivity index (χ3n) is 2.55. The van der Waals surface area contributed by atoms with Crippen LogP contribution in [0.2, 0.25) is 0 Å². The van der Waals surface area contributed by atoms with Crippen molar-refractivity contribution in [1.29, 1.82) is 0 Å². The minimum Gasteiger partial charge on any atom is -0.383 e. The van der Waals surface area contributed by atoms with Crippen LogP contribution in [0.5, 0.6) is 0 Å². The summed E-state index contributed by atoms with van der Waals surface area (Å²) in [5, 5.41) is 0. The summed E-state index contributed by atoms with van der Waals surface area (Å²) in [5.41, 5.74) is 0. The van der Waals surface area contributed by atoms with Gasteiger partial charge in [0, 0.05) is 32.2 Å². The van der Waals surface area contributed by atoms with Crippen molar-refractivity contribution in [3.63, 3.8) is 0 Å². The number of methoxy groups -OCH3 is 2. The quantitative estimate of drug-likeness (QED) is 0.701. The number of nitrogens with zero attached hydrogens (tertiary/aromatic N) is 1. The molecule has 0 bridgehead atoms. The van der Waals surface area contributed by atoms with E-state index in [1.54, 1.807) is 27.2 Å². The lowest BCUT2D eigenvalue weighted by Crippen LogP contribution is -2.36. The van der Waals surface area contributed by atoms with Gasteiger partial charge >= 0.3 is 0 Å². The summed E-state index contributed by atoms with van der Waals surface area (Å²) in [7, 11) is -0.403. The lowest BCUT2D eigenvalue weighted by molar-refractivity contribution is 0.150. The zero-order valence-electron chi connectivity index (χ0n) is 11.2. The Labute approximate surface area is 126 Å². The van der Waals surface area contributed by atoms with Gasteiger partial charge in [-0.05, 0) is 28.9 Å². The van der Waals surface area contributed by atoms with Crippen LogP contribution in [0, 0.1) is 6.92 Å². The zero-order valence-corrected chi connectivity index (χ0v) is 14.4. The number of aryl methyl sites for hydroxylation is 1. The lowest BCUT2D eigenvalue weighted by atomic mass is 10.5. The van der Waals surface area contributed by atoms with Crippen molar-refractivity contribution in [2.24, 2.45) is 0 Å². The number of hydrogen-bond acceptors (Lipinski definition) is 5. The van der Waals surface area contributed by atoms with Gasteiger partial charge in [0.05, 0.1) is 21.9 Å². The first-order valence-corrected chi connectivity index (χ1v) is 8.72. The summed E-state index contributed by atoms with van der Waals surface area (Å²) in [6.07, 6.45) is 0. The smallest absolute Gasteiger partial charge is 0.244 e. The van der Waals surface area contributed by atoms with Crippen LogP contribution in [0.4, 0.5) is 0 Å². The van der Waals surface area contributed by atoms with Crippen LogP contribution in [-0.4, -0.2) is 53.2 Å². The maximum Gasteiger partial charge on any atom is 0.244 e. The van der Waals surface area contributed by atoms with E-state index >= 15 is 0 Å². The molecule has 0 amide bonds. The summed E-state index contributed by atoms with van der Waals surface area (Å²) >= 11 is 4.73. The minimum absolute atomic E-state index is 0.315. The molecule has 0 saturated carbocycles. The molecule has 0 N–H and O–H groups in total. The second-order valence-corrected chi connectivity index (χ2v) is 8.40. The third kappa shape index (κ3) is 4.51. The van der Waals surface area contributed by atoms with Gasteiger partial charge in [-0.3, -0.25) is 0 Å². The summed E-state index contributed by atoms with van der Waals surface area (Å²) in [6.45, 7) is 3.14. The van der Waals surface area contributed by atoms with E-state index in [4.69, 9.17) is 9.47 Å². The van der Waals surface area contributed by atoms with Gasteiger partial charge in [-0.25, -0.2) is 8.42 Å². The predicted molar refractivity (Wildman–Crippen MR) is 79.3 cm³/mol. The highest BCUT2D eigenvalue weighted by atomic mass is 79.9. The molecule has 0 unspecified atom stereocenters. The normalized spacial score (nSPS) is 12.3. The van der Waals surface area contributed by atoms with Crippen molar-refractivity contribution in [1.82, 2.24) is 4.31 Å². The molecule has 0 aliphatic carbocycles. The van der Waals surface area contributed by atoms with Crippen LogP contribution in [-0.2, 0) is 19.5 Å². The van der Waals surface area contributed by atoms with Crippen molar-refractivity contribution in [3.05, 3.63) is 14.7 Å². The number of sulfonamides is 1. The van der Waals surface area contributed by atoms with Gasteiger partial charge in [0.1, 0.15) is 0 Å². The molecule has 8 heteroatoms. The molecule has 0 atom stereocenters. The third-order valence-corrected chi connectivity index (χ3v) is 6.26. The van der Waals surface area contributed by atoms with Crippen LogP contribution in [0.15, 0.2) is 14.7 Å². The molecule has 0 aliphatic rings. The zero-order chi connectivity index (χ0) is 14.5. The van der Waals surface area contributed by atoms with E-state index in [9.17, 15) is 8.42 Å². The minimum atomic E-state index is -3.50. The first-order chi connectivity index (χ1) is 8.93. The van der Waals surface area contributed by atoms with Crippen molar-refractivity contribution >= 4 is 37.3 Å². The van der Waals surface area contributed by atoms with Crippen molar-refractivity contribution in [3.8, 4) is 0 Å². The topological polar surface area (TPSA) is 55.8 Å². The number of hydrogen-bond donors (Lipinski definition) is 0. The maximum atomic E-state index is 12.6. The lowest BCUT2D eigenvalue weighted by Gasteiger charge is -2.21. The Morgan fingerprint density at radius 1 is 1.26 bits per heavy atom. The Balaban J connectivity index is 3.00. The van der Waals surface area contributed by atoms with E-state index in [2.05, 4.69) is 15.9 Å². The Morgan fingerprint density at radius 2 is 1.79 bits per heavy atom. The van der Waals surface area contributed by atoms with E-state index in [1.165, 1.54) is 15.6 Å². The van der Waals surface area contributed by atoms with E-state index < -0.39 is 10.0 Å². The van der Waals surface area contributed by atoms with Crippen molar-refractivity contribution in [2.75, 3.05) is 40.5 Å². The molecule has 0 saturated heterocycles. The second kappa shape index (κ2) is 7.70. The van der Waals surface area contributed by atoms with E-state index in [0.717, 1.165) is 8.66 Å². The number of rotatable bonds is 8. The highest BCUT2D eigenvalue weighted by Gasteiger charge is 2.27. The molecule has 5 nitrogen and oxygen atoms in total. The molecule has 0 fully saturated rings. The van der Waals surface area contributed by atoms with Crippen molar-refractivity contribution < 1.29 is 17.9 Å². The Kier molecular flexibility index (Phi) is 6.92. The van der Waals surface area contributed by atoms with E-state index in [-0.39, 0.29) is 0 Å². The van der Waals surface area contributed by atoms with E-state index in [0.29, 0.717) is 31.2 Å². The van der Waals surface area contributed by atoms with E-state index in [1.807, 2.05) is 0 Å². The Morgan fingerprint density at radius 3 is 2.16 bits per heavy atom. The summed E-state index contributed by atoms with van der Waals surface area (Å²) < 4.78 is 37.3. The Bertz CT molecular complexity index is 493. The van der Waals surface area contributed by atoms with Crippen molar-refractivity contribution in [2.45, 2.75) is 11.8 Å². The number of halogens is 1. The molecule has 0 aromatic carbocycles. The number of thiophene rings is 1. The van der Waals surface area contributed by atoms with Crippen LogP contribution >= 0.6 is 27.3 Å². The highest BCUT2D eigenvalue weighted by molar-refractivity contribution is 9.11. The second-order valence-electron chi connectivity index (χ2n) is 3.86. The summed E-state index contributed by atoms with van der Waals surface area (Å²) in [6, 6.07) is 1.64. The van der Waals surface area contributed by atoms with Gasteiger partial charge in [-0.2, -0.15) is 4.31 Å². The fraction of sp³-hybridized carbons (Fsp3) is 0.636. The fourth-order valence-corrected chi connectivity index (χ4v) is 5.36. The standard InChI is InChI=1S/C11H18BrNO4S2/c1-9-10(8-11(12)18-9)19(14,15)13(4-6-16-2)5-7-17-3/h8H,4-7H2,1-3H3. The molecular weight excluding hydrogens is 354 g/mol. The molecule has 110 valence electrons. The average Bonchev–Trinajstić information content (AvgIpc) is 2.69. The molecule has 19 heavy (non-hydrogen) atoms. The van der Waals surface area contributed by atoms with Gasteiger partial charge in [0.15, 0.2) is 0 Å². The predicted octanol–water partition coefficient (Wildman–Crippen LogP) is 2.10. The largest absolute Gasteiger partial charge is 0.383 e. The highest BCUT2D eigenvalue weighted by Crippen LogP contribution is 2.31. The SMILES string of the molecule is COCCN(CCOC)S(=O)(=O)c1cc(Br)sc1C. The maximum absolute atomic E-state index is 12.6. The fourth-order valence-electron chi connectivity index (χ4n) is 1.56. The summed E-state index contributed by atoms with van der Waals surface area (Å²) in [5.74, 6) is 0.